The fourth-order valence-electron chi connectivity index (χ4n) is 2.44. The summed E-state index contributed by atoms with van der Waals surface area (Å²) in [5.41, 5.74) is 5.22. The van der Waals surface area contributed by atoms with E-state index in [4.69, 9.17) is 4.74 Å². The molecule has 0 aliphatic rings. The second-order valence-corrected chi connectivity index (χ2v) is 7.40. The van der Waals surface area contributed by atoms with Gasteiger partial charge >= 0.3 is 0 Å². The lowest BCUT2D eigenvalue weighted by Crippen LogP contribution is -2.29. The molecule has 0 fully saturated rings. The van der Waals surface area contributed by atoms with Gasteiger partial charge in [-0.05, 0) is 40.8 Å². The van der Waals surface area contributed by atoms with E-state index in [0.717, 1.165) is 5.56 Å². The van der Waals surface area contributed by atoms with Crippen molar-refractivity contribution in [3.63, 3.8) is 0 Å². The maximum Gasteiger partial charge on any atom is 0.251 e. The molecule has 0 saturated carbocycles. The molecular weight excluding hydrogens is 354 g/mol. The first-order valence-corrected chi connectivity index (χ1v) is 9.14. The predicted molar refractivity (Wildman–Crippen MR) is 111 cm³/mol. The second kappa shape index (κ2) is 9.69. The normalized spacial score (nSPS) is 11.3. The summed E-state index contributed by atoms with van der Waals surface area (Å²) in [6.45, 7) is 6.70. The number of nitrogens with one attached hydrogen (secondary N) is 2. The van der Waals surface area contributed by atoms with Crippen molar-refractivity contribution < 1.29 is 14.3 Å². The average Bonchev–Trinajstić information content (AvgIpc) is 2.67. The predicted octanol–water partition coefficient (Wildman–Crippen LogP) is 3.26. The molecule has 2 rings (SSSR count). The van der Waals surface area contributed by atoms with E-state index in [1.165, 1.54) is 5.56 Å². The number of benzene rings is 2. The van der Waals surface area contributed by atoms with Crippen LogP contribution in [-0.2, 0) is 10.2 Å². The van der Waals surface area contributed by atoms with Gasteiger partial charge in [0.15, 0.2) is 0 Å². The van der Waals surface area contributed by atoms with Crippen LogP contribution in [-0.4, -0.2) is 31.7 Å². The average molecular weight is 381 g/mol. The number of ether oxygens (including phenoxy) is 1. The zero-order valence-corrected chi connectivity index (χ0v) is 16.8. The highest BCUT2D eigenvalue weighted by molar-refractivity contribution is 5.94. The van der Waals surface area contributed by atoms with Crippen LogP contribution in [0.1, 0.15) is 48.7 Å². The summed E-state index contributed by atoms with van der Waals surface area (Å²) >= 11 is 0. The van der Waals surface area contributed by atoms with E-state index >= 15 is 0 Å². The molecule has 0 aromatic heterocycles. The van der Waals surface area contributed by atoms with E-state index < -0.39 is 0 Å². The van der Waals surface area contributed by atoms with Gasteiger partial charge in [-0.3, -0.25) is 9.59 Å². The topological polar surface area (TPSA) is 79.8 Å². The maximum atomic E-state index is 12.0. The van der Waals surface area contributed by atoms with E-state index in [2.05, 4.69) is 48.7 Å². The molecule has 0 aliphatic heterocycles. The molecule has 0 unspecified atom stereocenters. The second-order valence-electron chi connectivity index (χ2n) is 7.40. The molecule has 2 aromatic carbocycles. The molecule has 0 heterocycles. The van der Waals surface area contributed by atoms with E-state index in [1.807, 2.05) is 12.1 Å². The third-order valence-electron chi connectivity index (χ3n) is 4.17. The Morgan fingerprint density at radius 3 is 2.25 bits per heavy atom. The number of carbonyl (C=O) groups is 2. The Labute approximate surface area is 166 Å². The third kappa shape index (κ3) is 6.54. The van der Waals surface area contributed by atoms with Crippen LogP contribution < -0.4 is 15.5 Å². The van der Waals surface area contributed by atoms with Crippen LogP contribution in [0.3, 0.4) is 0 Å². The molecule has 2 amide bonds. The van der Waals surface area contributed by atoms with Gasteiger partial charge in [-0.1, -0.05) is 45.0 Å². The number of methoxy groups -OCH3 is 1. The van der Waals surface area contributed by atoms with Crippen molar-refractivity contribution in [2.24, 2.45) is 5.10 Å². The lowest BCUT2D eigenvalue weighted by molar-refractivity contribution is -0.120. The van der Waals surface area contributed by atoms with E-state index in [9.17, 15) is 9.59 Å². The summed E-state index contributed by atoms with van der Waals surface area (Å²) in [7, 11) is 1.57. The number of amides is 2. The van der Waals surface area contributed by atoms with Gasteiger partial charge in [-0.25, -0.2) is 5.43 Å². The standard InChI is InChI=1S/C22H27N3O3/c1-22(2,3)18-9-5-16(6-10-18)15-24-25-20(26)13-14-23-21(27)17-7-11-19(28-4)12-8-17/h5-12,15H,13-14H2,1-4H3,(H,23,27)(H,25,26). The van der Waals surface area contributed by atoms with Crippen LogP contribution in [0.15, 0.2) is 53.6 Å². The summed E-state index contributed by atoms with van der Waals surface area (Å²) in [6.07, 6.45) is 1.74. The lowest BCUT2D eigenvalue weighted by Gasteiger charge is -2.18. The lowest BCUT2D eigenvalue weighted by atomic mass is 9.87. The summed E-state index contributed by atoms with van der Waals surface area (Å²) in [4.78, 5) is 23.8. The molecule has 148 valence electrons. The first kappa shape index (κ1) is 21.2. The largest absolute Gasteiger partial charge is 0.497 e. The van der Waals surface area contributed by atoms with Crippen LogP contribution in [0.4, 0.5) is 0 Å². The molecule has 0 radical (unpaired) electrons. The molecular formula is C22H27N3O3. The van der Waals surface area contributed by atoms with Crippen molar-refractivity contribution in [1.82, 2.24) is 10.7 Å². The molecule has 6 nitrogen and oxygen atoms in total. The highest BCUT2D eigenvalue weighted by Gasteiger charge is 2.12. The highest BCUT2D eigenvalue weighted by Crippen LogP contribution is 2.21. The van der Waals surface area contributed by atoms with Gasteiger partial charge in [0.1, 0.15) is 5.75 Å². The first-order chi connectivity index (χ1) is 13.3. The Bertz CT molecular complexity index is 820. The van der Waals surface area contributed by atoms with Crippen LogP contribution >= 0.6 is 0 Å². The number of nitrogens with zero attached hydrogens (tertiary/aromatic N) is 1. The van der Waals surface area contributed by atoms with E-state index in [0.29, 0.717) is 11.3 Å². The van der Waals surface area contributed by atoms with Gasteiger partial charge in [-0.15, -0.1) is 0 Å². The molecule has 28 heavy (non-hydrogen) atoms. The van der Waals surface area contributed by atoms with Gasteiger partial charge in [0.25, 0.3) is 5.91 Å². The molecule has 0 bridgehead atoms. The van der Waals surface area contributed by atoms with Gasteiger partial charge in [0, 0.05) is 18.5 Å². The Balaban J connectivity index is 1.73. The van der Waals surface area contributed by atoms with Crippen molar-refractivity contribution in [3.8, 4) is 5.75 Å². The molecule has 0 spiro atoms. The van der Waals surface area contributed by atoms with E-state index in [1.54, 1.807) is 37.6 Å². The molecule has 2 aromatic rings. The zero-order valence-electron chi connectivity index (χ0n) is 16.8. The van der Waals surface area contributed by atoms with Gasteiger partial charge in [0.05, 0.1) is 13.3 Å². The van der Waals surface area contributed by atoms with Crippen molar-refractivity contribution >= 4 is 18.0 Å². The highest BCUT2D eigenvalue weighted by atomic mass is 16.5. The molecule has 2 N–H and O–H groups in total. The molecule has 0 aliphatic carbocycles. The number of rotatable bonds is 7. The van der Waals surface area contributed by atoms with Crippen LogP contribution in [0.25, 0.3) is 0 Å². The minimum absolute atomic E-state index is 0.0974. The monoisotopic (exact) mass is 381 g/mol. The van der Waals surface area contributed by atoms with Crippen molar-refractivity contribution in [2.75, 3.05) is 13.7 Å². The Kier molecular flexibility index (Phi) is 7.32. The smallest absolute Gasteiger partial charge is 0.251 e. The zero-order chi connectivity index (χ0) is 20.6. The summed E-state index contributed by atoms with van der Waals surface area (Å²) in [5, 5.41) is 6.66. The number of hydrazone groups is 1. The van der Waals surface area contributed by atoms with Crippen molar-refractivity contribution in [3.05, 3.63) is 65.2 Å². The van der Waals surface area contributed by atoms with Crippen molar-refractivity contribution in [2.45, 2.75) is 32.6 Å². The minimum Gasteiger partial charge on any atom is -0.497 e. The fraction of sp³-hybridized carbons (Fsp3) is 0.318. The molecule has 0 atom stereocenters. The van der Waals surface area contributed by atoms with Crippen LogP contribution in [0.5, 0.6) is 5.75 Å². The molecule has 0 saturated heterocycles. The Morgan fingerprint density at radius 1 is 1.04 bits per heavy atom. The fourth-order valence-corrected chi connectivity index (χ4v) is 2.44. The third-order valence-corrected chi connectivity index (χ3v) is 4.17. The summed E-state index contributed by atoms with van der Waals surface area (Å²) in [5.74, 6) is 0.178. The SMILES string of the molecule is COc1ccc(C(=O)NCCC(=O)NN=Cc2ccc(C(C)(C)C)cc2)cc1. The number of hydrogen-bond acceptors (Lipinski definition) is 4. The van der Waals surface area contributed by atoms with E-state index in [-0.39, 0.29) is 30.2 Å². The van der Waals surface area contributed by atoms with Gasteiger partial charge in [-0.2, -0.15) is 5.10 Å². The maximum absolute atomic E-state index is 12.0. The summed E-state index contributed by atoms with van der Waals surface area (Å²) in [6, 6.07) is 14.8. The van der Waals surface area contributed by atoms with Crippen LogP contribution in [0, 0.1) is 0 Å². The Hall–Kier alpha value is -3.15. The number of carbonyl (C=O) groups excluding carboxylic acids is 2. The quantitative estimate of drug-likeness (QED) is 0.571. The van der Waals surface area contributed by atoms with Crippen LogP contribution in [0.2, 0.25) is 0 Å². The van der Waals surface area contributed by atoms with Crippen molar-refractivity contribution in [1.29, 1.82) is 0 Å². The number of hydrogen-bond donors (Lipinski definition) is 2. The first-order valence-electron chi connectivity index (χ1n) is 9.14. The van der Waals surface area contributed by atoms with Gasteiger partial charge in [0.2, 0.25) is 5.91 Å². The summed E-state index contributed by atoms with van der Waals surface area (Å²) < 4.78 is 5.05. The molecule has 6 heteroatoms. The van der Waals surface area contributed by atoms with Gasteiger partial charge < -0.3 is 10.1 Å². The Morgan fingerprint density at radius 2 is 1.68 bits per heavy atom. The minimum atomic E-state index is -0.266.